The summed E-state index contributed by atoms with van der Waals surface area (Å²) in [6.45, 7) is 12.8. The highest BCUT2D eigenvalue weighted by Crippen LogP contribution is 2.10. The highest BCUT2D eigenvalue weighted by atomic mass is 19.1. The summed E-state index contributed by atoms with van der Waals surface area (Å²) >= 11 is 0. The minimum atomic E-state index is -0.985. The maximum atomic E-state index is 12.3. The van der Waals surface area contributed by atoms with Crippen LogP contribution >= 0.6 is 0 Å². The van der Waals surface area contributed by atoms with Gasteiger partial charge in [-0.3, -0.25) is 4.79 Å². The molecule has 17 heavy (non-hydrogen) atoms. The first kappa shape index (κ1) is 17.7. The number of benzene rings is 1. The van der Waals surface area contributed by atoms with E-state index in [1.807, 2.05) is 40.7 Å². The van der Waals surface area contributed by atoms with Crippen LogP contribution in [0, 0.1) is 6.92 Å². The van der Waals surface area contributed by atoms with Gasteiger partial charge < -0.3 is 5.32 Å². The summed E-state index contributed by atoms with van der Waals surface area (Å²) in [6, 6.07) is 7.11. The van der Waals surface area contributed by atoms with Gasteiger partial charge in [0.05, 0.1) is 0 Å². The van der Waals surface area contributed by atoms with E-state index in [1.165, 1.54) is 0 Å². The molecule has 0 atom stereocenters. The third-order valence-electron chi connectivity index (χ3n) is 1.52. The molecule has 0 radical (unpaired) electrons. The van der Waals surface area contributed by atoms with Gasteiger partial charge in [-0.1, -0.05) is 46.4 Å². The van der Waals surface area contributed by atoms with Crippen molar-refractivity contribution in [2.45, 2.75) is 34.6 Å². The molecule has 0 aliphatic heterocycles. The topological polar surface area (TPSA) is 29.1 Å². The van der Waals surface area contributed by atoms with Gasteiger partial charge in [0.2, 0.25) is 0 Å². The molecular formula is C14H24FNO. The van der Waals surface area contributed by atoms with Gasteiger partial charge in [-0.2, -0.15) is 0 Å². The van der Waals surface area contributed by atoms with E-state index in [9.17, 15) is 9.18 Å². The summed E-state index contributed by atoms with van der Waals surface area (Å²) in [5, 5.41) is 2.37. The number of halogens is 1. The molecule has 0 aromatic heterocycles. The average molecular weight is 241 g/mol. The molecule has 0 aliphatic carbocycles. The Morgan fingerprint density at radius 1 is 1.29 bits per heavy atom. The van der Waals surface area contributed by atoms with Gasteiger partial charge in [0.15, 0.2) is 5.83 Å². The lowest BCUT2D eigenvalue weighted by atomic mass is 10.2. The highest BCUT2D eigenvalue weighted by Gasteiger charge is 2.04. The molecule has 1 aromatic rings. The molecule has 1 N–H and O–H groups in total. The second-order valence-electron chi connectivity index (χ2n) is 2.73. The van der Waals surface area contributed by atoms with E-state index in [1.54, 1.807) is 18.2 Å². The largest absolute Gasteiger partial charge is 0.320 e. The minimum Gasteiger partial charge on any atom is -0.320 e. The Morgan fingerprint density at radius 3 is 2.24 bits per heavy atom. The molecule has 0 spiro atoms. The zero-order valence-electron chi connectivity index (χ0n) is 11.3. The molecule has 0 fully saturated rings. The minimum absolute atomic E-state index is 0. The number of nitrogens with one attached hydrogen (secondary N) is 1. The average Bonchev–Trinajstić information content (AvgIpc) is 2.34. The van der Waals surface area contributed by atoms with Crippen LogP contribution < -0.4 is 5.32 Å². The summed E-state index contributed by atoms with van der Waals surface area (Å²) in [5.74, 6) is -1.79. The smallest absolute Gasteiger partial charge is 0.283 e. The van der Waals surface area contributed by atoms with Gasteiger partial charge in [-0.05, 0) is 24.6 Å². The zero-order valence-corrected chi connectivity index (χ0v) is 11.3. The molecule has 0 bridgehead atoms. The first-order valence-electron chi connectivity index (χ1n) is 5.82. The van der Waals surface area contributed by atoms with E-state index in [0.29, 0.717) is 5.69 Å². The van der Waals surface area contributed by atoms with Crippen molar-refractivity contribution in [3.05, 3.63) is 42.2 Å². The molecule has 3 heteroatoms. The maximum Gasteiger partial charge on any atom is 0.283 e. The Hall–Kier alpha value is -1.64. The van der Waals surface area contributed by atoms with E-state index >= 15 is 0 Å². The number of aryl methyl sites for hydroxylation is 1. The summed E-state index contributed by atoms with van der Waals surface area (Å²) in [6.07, 6.45) is 0. The fourth-order valence-corrected chi connectivity index (χ4v) is 0.922. The molecule has 0 unspecified atom stereocenters. The van der Waals surface area contributed by atoms with Crippen LogP contribution in [0.15, 0.2) is 36.7 Å². The van der Waals surface area contributed by atoms with Crippen molar-refractivity contribution in [2.24, 2.45) is 0 Å². The predicted molar refractivity (Wildman–Crippen MR) is 74.9 cm³/mol. The molecule has 1 aromatic carbocycles. The van der Waals surface area contributed by atoms with E-state index in [-0.39, 0.29) is 1.43 Å². The zero-order chi connectivity index (χ0) is 13.8. The Morgan fingerprint density at radius 2 is 1.82 bits per heavy atom. The van der Waals surface area contributed by atoms with E-state index in [0.717, 1.165) is 5.56 Å². The van der Waals surface area contributed by atoms with E-state index in [4.69, 9.17) is 0 Å². The van der Waals surface area contributed by atoms with E-state index < -0.39 is 11.7 Å². The van der Waals surface area contributed by atoms with Crippen LogP contribution in [-0.4, -0.2) is 5.91 Å². The lowest BCUT2D eigenvalue weighted by molar-refractivity contribution is -0.114. The lowest BCUT2D eigenvalue weighted by Crippen LogP contribution is -2.10. The predicted octanol–water partition coefficient (Wildman–Crippen LogP) is 4.72. The van der Waals surface area contributed by atoms with Crippen molar-refractivity contribution >= 4 is 11.6 Å². The normalized spacial score (nSPS) is 7.88. The number of amides is 1. The molecule has 0 saturated heterocycles. The third-order valence-corrected chi connectivity index (χ3v) is 1.52. The van der Waals surface area contributed by atoms with Crippen molar-refractivity contribution in [1.82, 2.24) is 0 Å². The van der Waals surface area contributed by atoms with Gasteiger partial charge in [-0.15, -0.1) is 0 Å². The van der Waals surface area contributed by atoms with Crippen molar-refractivity contribution < 1.29 is 10.6 Å². The molecular weight excluding hydrogens is 217 g/mol. The lowest BCUT2D eigenvalue weighted by Gasteiger charge is -2.02. The fraction of sp³-hybridized carbons (Fsp3) is 0.357. The number of anilines is 1. The van der Waals surface area contributed by atoms with Crippen LogP contribution in [-0.2, 0) is 4.79 Å². The number of rotatable bonds is 2. The monoisotopic (exact) mass is 241 g/mol. The van der Waals surface area contributed by atoms with Crippen molar-refractivity contribution in [3.8, 4) is 0 Å². The molecule has 2 nitrogen and oxygen atoms in total. The Balaban J connectivity index is -0.000000409. The maximum absolute atomic E-state index is 12.3. The van der Waals surface area contributed by atoms with Gasteiger partial charge in [0.25, 0.3) is 5.91 Å². The summed E-state index contributed by atoms with van der Waals surface area (Å²) in [7, 11) is 0. The number of hydrogen-bond acceptors (Lipinski definition) is 1. The molecule has 0 saturated carbocycles. The summed E-state index contributed by atoms with van der Waals surface area (Å²) in [5.41, 5.74) is 1.58. The van der Waals surface area contributed by atoms with Gasteiger partial charge >= 0.3 is 0 Å². The van der Waals surface area contributed by atoms with E-state index in [2.05, 4.69) is 11.9 Å². The molecule has 98 valence electrons. The van der Waals surface area contributed by atoms with Crippen LogP contribution in [0.3, 0.4) is 0 Å². The highest BCUT2D eigenvalue weighted by molar-refractivity contribution is 6.01. The quantitative estimate of drug-likeness (QED) is 0.746. The van der Waals surface area contributed by atoms with Gasteiger partial charge in [-0.25, -0.2) is 4.39 Å². The first-order chi connectivity index (χ1) is 8.09. The van der Waals surface area contributed by atoms with Crippen LogP contribution in [0.2, 0.25) is 0 Å². The van der Waals surface area contributed by atoms with Crippen molar-refractivity contribution in [2.75, 3.05) is 5.32 Å². The molecule has 0 aliphatic rings. The van der Waals surface area contributed by atoms with Crippen LogP contribution in [0.1, 0.15) is 34.7 Å². The molecule has 1 rings (SSSR count). The van der Waals surface area contributed by atoms with Crippen LogP contribution in [0.25, 0.3) is 0 Å². The van der Waals surface area contributed by atoms with Gasteiger partial charge in [0, 0.05) is 7.11 Å². The van der Waals surface area contributed by atoms with Crippen molar-refractivity contribution in [1.29, 1.82) is 0 Å². The molecule has 1 amide bonds. The second kappa shape index (κ2) is 10.9. The number of carbonyl (C=O) groups is 1. The standard InChI is InChI=1S/C10H10FNO.2C2H6.H2/c1-7-4-3-5-9(6-7)12-10(13)8(2)11;2*1-2;/h3-6H,2H2,1H3,(H,12,13);2*1-2H3;1H. The molecule has 0 heterocycles. The first-order valence-corrected chi connectivity index (χ1v) is 5.82. The summed E-state index contributed by atoms with van der Waals surface area (Å²) < 4.78 is 12.3. The van der Waals surface area contributed by atoms with Crippen LogP contribution in [0.5, 0.6) is 0 Å². The summed E-state index contributed by atoms with van der Waals surface area (Å²) in [4.78, 5) is 10.8. The van der Waals surface area contributed by atoms with Gasteiger partial charge in [0.1, 0.15) is 0 Å². The number of hydrogen-bond donors (Lipinski definition) is 1. The number of carbonyl (C=O) groups excluding carboxylic acids is 1. The second-order valence-corrected chi connectivity index (χ2v) is 2.73. The SMILES string of the molecule is C=C(F)C(=O)Nc1cccc(C)c1.CC.CC.[HH]. The fourth-order valence-electron chi connectivity index (χ4n) is 0.922. The third kappa shape index (κ3) is 8.20. The Kier molecular flexibility index (Phi) is 11.3. The Bertz CT molecular complexity index is 353. The van der Waals surface area contributed by atoms with Crippen LogP contribution in [0.4, 0.5) is 10.1 Å². The Labute approximate surface area is 105 Å². The van der Waals surface area contributed by atoms with Crippen molar-refractivity contribution in [3.63, 3.8) is 0 Å².